The molecule has 1 aliphatic heterocycles. The van der Waals surface area contributed by atoms with Gasteiger partial charge in [0.2, 0.25) is 0 Å². The van der Waals surface area contributed by atoms with E-state index in [0.29, 0.717) is 10.6 Å². The Balaban J connectivity index is 1.85. The number of hydrogen-bond acceptors (Lipinski definition) is 4. The molecule has 0 bridgehead atoms. The van der Waals surface area contributed by atoms with E-state index >= 15 is 0 Å². The molecular formula is C18H14Cl4N2O4S. The van der Waals surface area contributed by atoms with Crippen molar-refractivity contribution in [1.29, 1.82) is 0 Å². The SMILES string of the molecule is CC1(c2ccc(Cl)cc2Cl)NC(=O)N(CCS(=O)(=O)c2cc(Cl)ccc2Cl)C1=O. The first-order chi connectivity index (χ1) is 13.5. The van der Waals surface area contributed by atoms with Crippen LogP contribution in [0, 0.1) is 0 Å². The van der Waals surface area contributed by atoms with E-state index in [1.54, 1.807) is 6.07 Å². The molecular weight excluding hydrogens is 482 g/mol. The summed E-state index contributed by atoms with van der Waals surface area (Å²) in [7, 11) is -3.90. The molecule has 1 aliphatic rings. The lowest BCUT2D eigenvalue weighted by Gasteiger charge is -2.23. The Kier molecular flexibility index (Phi) is 6.09. The first kappa shape index (κ1) is 22.2. The molecule has 0 spiro atoms. The first-order valence-corrected chi connectivity index (χ1v) is 11.4. The van der Waals surface area contributed by atoms with E-state index in [1.165, 1.54) is 37.3 Å². The number of rotatable bonds is 5. The minimum Gasteiger partial charge on any atom is -0.319 e. The van der Waals surface area contributed by atoms with Crippen molar-refractivity contribution >= 4 is 68.2 Å². The van der Waals surface area contributed by atoms with Crippen molar-refractivity contribution in [3.63, 3.8) is 0 Å². The summed E-state index contributed by atoms with van der Waals surface area (Å²) < 4.78 is 25.3. The fourth-order valence-electron chi connectivity index (χ4n) is 3.01. The summed E-state index contributed by atoms with van der Waals surface area (Å²) >= 11 is 23.9. The number of urea groups is 1. The zero-order valence-corrected chi connectivity index (χ0v) is 18.7. The molecule has 0 aromatic heterocycles. The summed E-state index contributed by atoms with van der Waals surface area (Å²) in [4.78, 5) is 26.0. The molecule has 2 aromatic rings. The van der Waals surface area contributed by atoms with Crippen LogP contribution in [0.3, 0.4) is 0 Å². The van der Waals surface area contributed by atoms with Gasteiger partial charge in [-0.3, -0.25) is 9.69 Å². The number of amides is 3. The van der Waals surface area contributed by atoms with E-state index in [9.17, 15) is 18.0 Å². The third-order valence-electron chi connectivity index (χ3n) is 4.56. The number of carbonyl (C=O) groups excluding carboxylic acids is 2. The number of sulfone groups is 1. The Bertz CT molecular complexity index is 1120. The van der Waals surface area contributed by atoms with Gasteiger partial charge in [0.1, 0.15) is 5.54 Å². The van der Waals surface area contributed by atoms with E-state index in [-0.39, 0.29) is 26.5 Å². The quantitative estimate of drug-likeness (QED) is 0.617. The topological polar surface area (TPSA) is 83.6 Å². The lowest BCUT2D eigenvalue weighted by atomic mass is 9.92. The highest BCUT2D eigenvalue weighted by Crippen LogP contribution is 2.35. The monoisotopic (exact) mass is 494 g/mol. The standard InChI is InChI=1S/C18H14Cl4N2O4S/c1-18(12-4-2-10(19)8-14(12)22)16(25)24(17(26)23-18)6-7-29(27,28)15-9-11(20)3-5-13(15)21/h2-5,8-9H,6-7H2,1H3,(H,23,26). The van der Waals surface area contributed by atoms with Crippen LogP contribution in [0.4, 0.5) is 4.79 Å². The molecule has 1 atom stereocenters. The highest BCUT2D eigenvalue weighted by molar-refractivity contribution is 7.91. The maximum atomic E-state index is 13.0. The van der Waals surface area contributed by atoms with E-state index in [1.807, 2.05) is 0 Å². The molecule has 3 rings (SSSR count). The lowest BCUT2D eigenvalue weighted by Crippen LogP contribution is -2.41. The van der Waals surface area contributed by atoms with E-state index in [4.69, 9.17) is 46.4 Å². The maximum absolute atomic E-state index is 13.0. The Morgan fingerprint density at radius 1 is 0.966 bits per heavy atom. The Labute approximate surface area is 187 Å². The summed E-state index contributed by atoms with van der Waals surface area (Å²) in [6, 6.07) is 7.86. The second-order valence-electron chi connectivity index (χ2n) is 6.53. The molecule has 1 fully saturated rings. The van der Waals surface area contributed by atoms with Gasteiger partial charge in [0.15, 0.2) is 9.84 Å². The van der Waals surface area contributed by atoms with Crippen molar-refractivity contribution in [2.45, 2.75) is 17.4 Å². The van der Waals surface area contributed by atoms with Crippen LogP contribution in [-0.2, 0) is 20.2 Å². The molecule has 1 unspecified atom stereocenters. The molecule has 0 radical (unpaired) electrons. The van der Waals surface area contributed by atoms with Crippen molar-refractivity contribution in [2.75, 3.05) is 12.3 Å². The predicted molar refractivity (Wildman–Crippen MR) is 113 cm³/mol. The van der Waals surface area contributed by atoms with Crippen LogP contribution in [-0.4, -0.2) is 37.6 Å². The molecule has 2 aromatic carbocycles. The summed E-state index contributed by atoms with van der Waals surface area (Å²) in [5.74, 6) is -1.14. The Hall–Kier alpha value is -1.51. The van der Waals surface area contributed by atoms with Crippen molar-refractivity contribution in [2.24, 2.45) is 0 Å². The molecule has 154 valence electrons. The van der Waals surface area contributed by atoms with Crippen molar-refractivity contribution in [1.82, 2.24) is 10.2 Å². The average Bonchev–Trinajstić information content (AvgIpc) is 2.84. The number of hydrogen-bond donors (Lipinski definition) is 1. The Morgan fingerprint density at radius 3 is 2.24 bits per heavy atom. The normalized spacial score (nSPS) is 19.6. The number of nitrogens with one attached hydrogen (secondary N) is 1. The van der Waals surface area contributed by atoms with Gasteiger partial charge in [-0.05, 0) is 37.3 Å². The number of halogens is 4. The second kappa shape index (κ2) is 7.96. The van der Waals surface area contributed by atoms with Gasteiger partial charge in [-0.1, -0.05) is 52.5 Å². The maximum Gasteiger partial charge on any atom is 0.325 e. The largest absolute Gasteiger partial charge is 0.325 e. The number of imide groups is 1. The summed E-state index contributed by atoms with van der Waals surface area (Å²) in [5, 5.41) is 3.36. The highest BCUT2D eigenvalue weighted by Gasteiger charge is 2.50. The van der Waals surface area contributed by atoms with Crippen molar-refractivity contribution in [3.05, 3.63) is 62.1 Å². The van der Waals surface area contributed by atoms with E-state index < -0.39 is 33.1 Å². The van der Waals surface area contributed by atoms with Gasteiger partial charge in [0.25, 0.3) is 5.91 Å². The molecule has 0 aliphatic carbocycles. The molecule has 1 N–H and O–H groups in total. The molecule has 1 saturated heterocycles. The summed E-state index contributed by atoms with van der Waals surface area (Å²) in [6.07, 6.45) is 0. The van der Waals surface area contributed by atoms with Crippen LogP contribution < -0.4 is 5.32 Å². The summed E-state index contributed by atoms with van der Waals surface area (Å²) in [6.45, 7) is 1.13. The van der Waals surface area contributed by atoms with Crippen LogP contribution in [0.15, 0.2) is 41.3 Å². The average molecular weight is 496 g/mol. The molecule has 11 heteroatoms. The minimum atomic E-state index is -3.90. The molecule has 1 heterocycles. The number of nitrogens with zero attached hydrogens (tertiary/aromatic N) is 1. The van der Waals surface area contributed by atoms with Crippen LogP contribution >= 0.6 is 46.4 Å². The zero-order valence-electron chi connectivity index (χ0n) is 14.9. The molecule has 6 nitrogen and oxygen atoms in total. The Morgan fingerprint density at radius 2 is 1.59 bits per heavy atom. The molecule has 3 amide bonds. The second-order valence-corrected chi connectivity index (χ2v) is 10.3. The molecule has 29 heavy (non-hydrogen) atoms. The van der Waals surface area contributed by atoms with Crippen LogP contribution in [0.25, 0.3) is 0 Å². The fraction of sp³-hybridized carbons (Fsp3) is 0.222. The molecule has 0 saturated carbocycles. The van der Waals surface area contributed by atoms with Gasteiger partial charge in [0.05, 0.1) is 15.7 Å². The third kappa shape index (κ3) is 4.20. The van der Waals surface area contributed by atoms with Gasteiger partial charge in [-0.25, -0.2) is 13.2 Å². The summed E-state index contributed by atoms with van der Waals surface area (Å²) in [5.41, 5.74) is -1.10. The van der Waals surface area contributed by atoms with Crippen LogP contribution in [0.2, 0.25) is 20.1 Å². The van der Waals surface area contributed by atoms with E-state index in [0.717, 1.165) is 4.90 Å². The van der Waals surface area contributed by atoms with Gasteiger partial charge < -0.3 is 5.32 Å². The predicted octanol–water partition coefficient (Wildman–Crippen LogP) is 4.54. The lowest BCUT2D eigenvalue weighted by molar-refractivity contribution is -0.130. The van der Waals surface area contributed by atoms with Gasteiger partial charge in [-0.2, -0.15) is 0 Å². The minimum absolute atomic E-state index is 0.00406. The van der Waals surface area contributed by atoms with E-state index in [2.05, 4.69) is 5.32 Å². The van der Waals surface area contributed by atoms with Crippen LogP contribution in [0.5, 0.6) is 0 Å². The van der Waals surface area contributed by atoms with Crippen LogP contribution in [0.1, 0.15) is 12.5 Å². The fourth-order valence-corrected chi connectivity index (χ4v) is 5.63. The zero-order chi connectivity index (χ0) is 21.6. The smallest absolute Gasteiger partial charge is 0.319 e. The van der Waals surface area contributed by atoms with Gasteiger partial charge in [-0.15, -0.1) is 0 Å². The number of carbonyl (C=O) groups is 2. The first-order valence-electron chi connectivity index (χ1n) is 8.23. The number of benzene rings is 2. The van der Waals surface area contributed by atoms with Crippen molar-refractivity contribution in [3.8, 4) is 0 Å². The van der Waals surface area contributed by atoms with Gasteiger partial charge >= 0.3 is 6.03 Å². The highest BCUT2D eigenvalue weighted by atomic mass is 35.5. The van der Waals surface area contributed by atoms with Crippen molar-refractivity contribution < 1.29 is 18.0 Å². The third-order valence-corrected chi connectivity index (χ3v) is 7.51. The van der Waals surface area contributed by atoms with Gasteiger partial charge in [0, 0.05) is 27.2 Å².